The van der Waals surface area contributed by atoms with E-state index in [2.05, 4.69) is 16.9 Å². The van der Waals surface area contributed by atoms with Crippen molar-refractivity contribution in [1.82, 2.24) is 9.97 Å². The zero-order valence-corrected chi connectivity index (χ0v) is 12.8. The van der Waals surface area contributed by atoms with Crippen LogP contribution in [-0.4, -0.2) is 15.9 Å². The Balaban J connectivity index is 2.40. The maximum absolute atomic E-state index is 12.0. The first kappa shape index (κ1) is 15.9. The Morgan fingerprint density at radius 3 is 2.73 bits per heavy atom. The lowest BCUT2D eigenvalue weighted by atomic mass is 10.0. The van der Waals surface area contributed by atoms with Crippen molar-refractivity contribution < 1.29 is 4.79 Å². The molecule has 2 rings (SSSR count). The monoisotopic (exact) mass is 299 g/mol. The number of amides is 1. The van der Waals surface area contributed by atoms with Crippen molar-refractivity contribution in [2.45, 2.75) is 39.0 Å². The molecule has 0 unspecified atom stereocenters. The highest BCUT2D eigenvalue weighted by molar-refractivity contribution is 5.93. The van der Waals surface area contributed by atoms with E-state index in [0.717, 1.165) is 42.6 Å². The van der Waals surface area contributed by atoms with Crippen molar-refractivity contribution in [2.75, 3.05) is 0 Å². The lowest BCUT2D eigenvalue weighted by molar-refractivity contribution is 0.0999. The first-order valence-electron chi connectivity index (χ1n) is 7.61. The third kappa shape index (κ3) is 3.81. The second-order valence-corrected chi connectivity index (χ2v) is 5.29. The van der Waals surface area contributed by atoms with Gasteiger partial charge in [-0.1, -0.05) is 32.3 Å². The minimum atomic E-state index is -0.726. The van der Waals surface area contributed by atoms with Crippen LogP contribution in [0.4, 0.5) is 0 Å². The Kier molecular flexibility index (Phi) is 5.47. The molecule has 5 nitrogen and oxygen atoms in total. The maximum atomic E-state index is 12.0. The van der Waals surface area contributed by atoms with E-state index in [0.29, 0.717) is 0 Å². The number of primary amides is 1. The molecule has 0 aliphatic rings. The van der Waals surface area contributed by atoms with E-state index in [1.165, 1.54) is 6.42 Å². The first-order chi connectivity index (χ1) is 10.6. The maximum Gasteiger partial charge on any atom is 0.261 e. The minimum absolute atomic E-state index is 0.0297. The van der Waals surface area contributed by atoms with Crippen LogP contribution in [0.1, 0.15) is 48.7 Å². The Morgan fingerprint density at radius 1 is 1.27 bits per heavy atom. The second-order valence-electron chi connectivity index (χ2n) is 5.29. The van der Waals surface area contributed by atoms with Crippen LogP contribution >= 0.6 is 0 Å². The summed E-state index contributed by atoms with van der Waals surface area (Å²) in [6, 6.07) is 7.11. The fourth-order valence-corrected chi connectivity index (χ4v) is 2.43. The van der Waals surface area contributed by atoms with Gasteiger partial charge in [-0.3, -0.25) is 14.6 Å². The van der Waals surface area contributed by atoms with Gasteiger partial charge in [0.05, 0.1) is 5.69 Å². The van der Waals surface area contributed by atoms with Crippen LogP contribution in [0, 0.1) is 0 Å². The number of aromatic amines is 1. The summed E-state index contributed by atoms with van der Waals surface area (Å²) in [7, 11) is 0. The number of rotatable bonds is 7. The molecular weight excluding hydrogens is 278 g/mol. The summed E-state index contributed by atoms with van der Waals surface area (Å²) in [6.07, 6.45) is 6.86. The molecule has 0 aromatic carbocycles. The summed E-state index contributed by atoms with van der Waals surface area (Å²) < 4.78 is 0. The lowest BCUT2D eigenvalue weighted by Gasteiger charge is -2.10. The molecule has 0 atom stereocenters. The van der Waals surface area contributed by atoms with E-state index in [1.54, 1.807) is 12.3 Å². The van der Waals surface area contributed by atoms with Crippen molar-refractivity contribution in [1.29, 1.82) is 0 Å². The quantitative estimate of drug-likeness (QED) is 0.770. The van der Waals surface area contributed by atoms with E-state index in [4.69, 9.17) is 5.73 Å². The van der Waals surface area contributed by atoms with Crippen LogP contribution in [0.15, 0.2) is 35.3 Å². The van der Waals surface area contributed by atoms with Gasteiger partial charge in [0.25, 0.3) is 11.5 Å². The number of carbonyl (C=O) groups is 1. The predicted molar refractivity (Wildman–Crippen MR) is 86.7 cm³/mol. The van der Waals surface area contributed by atoms with E-state index in [-0.39, 0.29) is 5.56 Å². The molecule has 0 fully saturated rings. The van der Waals surface area contributed by atoms with Crippen molar-refractivity contribution in [3.8, 4) is 11.3 Å². The van der Waals surface area contributed by atoms with Gasteiger partial charge in [-0.15, -0.1) is 0 Å². The molecule has 0 radical (unpaired) electrons. The molecule has 0 bridgehead atoms. The normalized spacial score (nSPS) is 10.6. The number of hydrogen-bond donors (Lipinski definition) is 2. The summed E-state index contributed by atoms with van der Waals surface area (Å²) in [5, 5.41) is 0. The Bertz CT molecular complexity index is 693. The van der Waals surface area contributed by atoms with Crippen LogP contribution in [0.3, 0.4) is 0 Å². The van der Waals surface area contributed by atoms with Crippen molar-refractivity contribution in [2.24, 2.45) is 5.73 Å². The highest BCUT2D eigenvalue weighted by Crippen LogP contribution is 2.21. The van der Waals surface area contributed by atoms with Crippen molar-refractivity contribution in [3.05, 3.63) is 52.1 Å². The molecule has 0 spiro atoms. The molecular formula is C17H21N3O2. The Morgan fingerprint density at radius 2 is 2.09 bits per heavy atom. The molecule has 0 saturated carbocycles. The van der Waals surface area contributed by atoms with Crippen molar-refractivity contribution in [3.63, 3.8) is 0 Å². The van der Waals surface area contributed by atoms with E-state index in [9.17, 15) is 9.59 Å². The summed E-state index contributed by atoms with van der Waals surface area (Å²) in [4.78, 5) is 30.5. The molecule has 5 heteroatoms. The van der Waals surface area contributed by atoms with Gasteiger partial charge in [-0.25, -0.2) is 0 Å². The summed E-state index contributed by atoms with van der Waals surface area (Å²) >= 11 is 0. The van der Waals surface area contributed by atoms with Gasteiger partial charge >= 0.3 is 0 Å². The second kappa shape index (κ2) is 7.54. The molecule has 3 N–H and O–H groups in total. The molecule has 22 heavy (non-hydrogen) atoms. The molecule has 1 amide bonds. The number of nitrogens with two attached hydrogens (primary N) is 1. The summed E-state index contributed by atoms with van der Waals surface area (Å²) in [5.74, 6) is -0.726. The van der Waals surface area contributed by atoms with E-state index >= 15 is 0 Å². The molecule has 0 saturated heterocycles. The molecule has 2 heterocycles. The van der Waals surface area contributed by atoms with Gasteiger partial charge < -0.3 is 10.7 Å². The zero-order chi connectivity index (χ0) is 15.9. The zero-order valence-electron chi connectivity index (χ0n) is 12.8. The smallest absolute Gasteiger partial charge is 0.261 e. The lowest BCUT2D eigenvalue weighted by Crippen LogP contribution is -2.25. The van der Waals surface area contributed by atoms with Crippen LogP contribution in [-0.2, 0) is 6.42 Å². The van der Waals surface area contributed by atoms with Crippen LogP contribution in [0.5, 0.6) is 0 Å². The molecule has 2 aromatic heterocycles. The topological polar surface area (TPSA) is 88.8 Å². The molecule has 2 aromatic rings. The first-order valence-corrected chi connectivity index (χ1v) is 7.61. The highest BCUT2D eigenvalue weighted by Gasteiger charge is 2.14. The number of H-pyrrole nitrogens is 1. The number of pyridine rings is 2. The average Bonchev–Trinajstić information content (AvgIpc) is 2.52. The number of unbranched alkanes of at least 4 members (excludes halogenated alkanes) is 3. The molecule has 116 valence electrons. The summed E-state index contributed by atoms with van der Waals surface area (Å²) in [5.41, 5.74) is 7.12. The van der Waals surface area contributed by atoms with Gasteiger partial charge in [0, 0.05) is 17.5 Å². The Labute approximate surface area is 129 Å². The third-order valence-corrected chi connectivity index (χ3v) is 3.61. The number of carbonyl (C=O) groups excluding carboxylic acids is 1. The number of nitrogens with one attached hydrogen (secondary N) is 1. The number of hydrogen-bond acceptors (Lipinski definition) is 3. The summed E-state index contributed by atoms with van der Waals surface area (Å²) in [6.45, 7) is 2.16. The Hall–Kier alpha value is -2.43. The van der Waals surface area contributed by atoms with Gasteiger partial charge in [0.15, 0.2) is 0 Å². The number of nitrogens with zero attached hydrogens (tertiary/aromatic N) is 1. The standard InChI is InChI=1S/C17H21N3O2/c1-2-3-4-5-9-15-12(14-8-6-7-10-19-14)11-13(16(18)21)17(22)20-15/h6-8,10-11H,2-5,9H2,1H3,(H2,18,21)(H,20,22). The number of aryl methyl sites for hydroxylation is 1. The van der Waals surface area contributed by atoms with Gasteiger partial charge in [0.1, 0.15) is 5.56 Å². The molecule has 0 aliphatic heterocycles. The molecule has 0 aliphatic carbocycles. The third-order valence-electron chi connectivity index (χ3n) is 3.61. The van der Waals surface area contributed by atoms with E-state index in [1.807, 2.05) is 18.2 Å². The van der Waals surface area contributed by atoms with E-state index < -0.39 is 11.5 Å². The van der Waals surface area contributed by atoms with Gasteiger partial charge in [0.2, 0.25) is 0 Å². The van der Waals surface area contributed by atoms with Crippen LogP contribution < -0.4 is 11.3 Å². The van der Waals surface area contributed by atoms with Gasteiger partial charge in [-0.2, -0.15) is 0 Å². The predicted octanol–water partition coefficient (Wildman–Crippen LogP) is 2.66. The van der Waals surface area contributed by atoms with Crippen molar-refractivity contribution >= 4 is 5.91 Å². The highest BCUT2D eigenvalue weighted by atomic mass is 16.2. The van der Waals surface area contributed by atoms with Gasteiger partial charge in [-0.05, 0) is 31.0 Å². The minimum Gasteiger partial charge on any atom is -0.365 e. The SMILES string of the molecule is CCCCCCc1[nH]c(=O)c(C(N)=O)cc1-c1ccccn1. The fourth-order valence-electron chi connectivity index (χ4n) is 2.43. The number of aromatic nitrogens is 2. The average molecular weight is 299 g/mol. The largest absolute Gasteiger partial charge is 0.365 e. The van der Waals surface area contributed by atoms with Crippen LogP contribution in [0.25, 0.3) is 11.3 Å². The van der Waals surface area contributed by atoms with Crippen LogP contribution in [0.2, 0.25) is 0 Å². The fraction of sp³-hybridized carbons (Fsp3) is 0.353.